The molecule has 1 aromatic carbocycles. The van der Waals surface area contributed by atoms with Gasteiger partial charge in [0.05, 0.1) is 28.6 Å². The number of β-amino-alcohol motifs (C(OH)–C–C–N with tert-alkyl or cyclic N) is 1. The largest absolute Gasteiger partial charge is 0.391 e. The maximum Gasteiger partial charge on any atom is 0.273 e. The minimum absolute atomic E-state index is 0.0921. The van der Waals surface area contributed by atoms with E-state index in [0.29, 0.717) is 6.42 Å². The Bertz CT molecular complexity index is 1040. The highest BCUT2D eigenvalue weighted by Gasteiger charge is 2.41. The monoisotopic (exact) mass is 428 g/mol. The molecule has 1 fully saturated rings. The Morgan fingerprint density at radius 3 is 2.77 bits per heavy atom. The molecule has 0 aliphatic carbocycles. The molecule has 1 saturated heterocycles. The van der Waals surface area contributed by atoms with Crippen molar-refractivity contribution < 1.29 is 14.7 Å². The Balaban J connectivity index is 1.65. The van der Waals surface area contributed by atoms with E-state index in [1.165, 1.54) is 17.9 Å². The van der Waals surface area contributed by atoms with E-state index >= 15 is 0 Å². The first kappa shape index (κ1) is 20.4. The number of hydrogen-bond acceptors (Lipinski definition) is 7. The fraction of sp³-hybridized carbons (Fsp3) is 0.450. The average molecular weight is 429 g/mol. The summed E-state index contributed by atoms with van der Waals surface area (Å²) in [6.45, 7) is 4.08. The molecule has 2 aromatic heterocycles. The lowest BCUT2D eigenvalue weighted by Crippen LogP contribution is -2.40. The number of carbonyl (C=O) groups is 2. The van der Waals surface area contributed by atoms with Crippen molar-refractivity contribution >= 4 is 33.4 Å². The zero-order chi connectivity index (χ0) is 21.4. The molecule has 3 atom stereocenters. The Morgan fingerprint density at radius 2 is 2.07 bits per heavy atom. The molecule has 2 N–H and O–H groups in total. The molecule has 4 rings (SSSR count). The van der Waals surface area contributed by atoms with E-state index in [1.807, 2.05) is 38.1 Å². The molecule has 0 bridgehead atoms. The van der Waals surface area contributed by atoms with E-state index in [9.17, 15) is 14.7 Å². The molecule has 1 unspecified atom stereocenters. The van der Waals surface area contributed by atoms with Crippen molar-refractivity contribution in [2.24, 2.45) is 5.92 Å². The number of aromatic nitrogens is 4. The highest BCUT2D eigenvalue weighted by atomic mass is 32.1. The molecular formula is C20H24N6O3S. The Morgan fingerprint density at radius 1 is 1.30 bits per heavy atom. The summed E-state index contributed by atoms with van der Waals surface area (Å²) in [7, 11) is 1.51. The van der Waals surface area contributed by atoms with E-state index in [0.717, 1.165) is 15.2 Å². The van der Waals surface area contributed by atoms with Gasteiger partial charge in [-0.15, -0.1) is 16.4 Å². The molecule has 3 aromatic rings. The molecule has 0 spiro atoms. The summed E-state index contributed by atoms with van der Waals surface area (Å²) in [5.41, 5.74) is 1.04. The van der Waals surface area contributed by atoms with Crippen LogP contribution in [0.1, 0.15) is 47.8 Å². The zero-order valence-corrected chi connectivity index (χ0v) is 17.8. The van der Waals surface area contributed by atoms with Crippen LogP contribution in [0.2, 0.25) is 0 Å². The van der Waals surface area contributed by atoms with Crippen molar-refractivity contribution in [2.75, 3.05) is 13.6 Å². The van der Waals surface area contributed by atoms with Gasteiger partial charge in [-0.3, -0.25) is 9.59 Å². The number of nitrogens with one attached hydrogen (secondary N) is 1. The van der Waals surface area contributed by atoms with Crippen LogP contribution in [-0.2, 0) is 4.79 Å². The zero-order valence-electron chi connectivity index (χ0n) is 17.0. The van der Waals surface area contributed by atoms with Crippen LogP contribution in [0.25, 0.3) is 10.2 Å². The molecule has 1 aliphatic heterocycles. The maximum atomic E-state index is 13.6. The minimum atomic E-state index is -0.641. The van der Waals surface area contributed by atoms with Crippen LogP contribution in [0.4, 0.5) is 0 Å². The number of para-hydroxylation sites is 1. The molecule has 2 amide bonds. The number of carbonyl (C=O) groups excluding carboxylic acids is 2. The van der Waals surface area contributed by atoms with Gasteiger partial charge in [-0.1, -0.05) is 31.2 Å². The van der Waals surface area contributed by atoms with Crippen LogP contribution < -0.4 is 5.32 Å². The van der Waals surface area contributed by atoms with Gasteiger partial charge in [0.15, 0.2) is 5.69 Å². The van der Waals surface area contributed by atoms with Crippen LogP contribution in [0.15, 0.2) is 30.5 Å². The summed E-state index contributed by atoms with van der Waals surface area (Å²) in [4.78, 5) is 31.8. The number of likely N-dealkylation sites (tertiary alicyclic amines) is 1. The maximum absolute atomic E-state index is 13.6. The normalized spacial score (nSPS) is 20.1. The lowest BCUT2D eigenvalue weighted by atomic mass is 10.0. The smallest absolute Gasteiger partial charge is 0.273 e. The van der Waals surface area contributed by atoms with Crippen LogP contribution >= 0.6 is 11.3 Å². The van der Waals surface area contributed by atoms with Gasteiger partial charge in [-0.2, -0.15) is 0 Å². The average Bonchev–Trinajstić information content (AvgIpc) is 3.44. The van der Waals surface area contributed by atoms with Gasteiger partial charge >= 0.3 is 0 Å². The van der Waals surface area contributed by atoms with Crippen molar-refractivity contribution in [3.63, 3.8) is 0 Å². The lowest BCUT2D eigenvalue weighted by molar-refractivity contribution is -0.137. The van der Waals surface area contributed by atoms with E-state index < -0.39 is 12.1 Å². The summed E-state index contributed by atoms with van der Waals surface area (Å²) in [6, 6.07) is 6.90. The molecule has 0 saturated carbocycles. The first-order valence-electron chi connectivity index (χ1n) is 9.87. The van der Waals surface area contributed by atoms with Gasteiger partial charge in [0.1, 0.15) is 11.0 Å². The van der Waals surface area contributed by atoms with Crippen LogP contribution in [0, 0.1) is 5.92 Å². The van der Waals surface area contributed by atoms with E-state index in [2.05, 4.69) is 15.6 Å². The van der Waals surface area contributed by atoms with E-state index in [1.54, 1.807) is 16.2 Å². The fourth-order valence-corrected chi connectivity index (χ4v) is 4.94. The van der Waals surface area contributed by atoms with Crippen LogP contribution in [0.3, 0.4) is 0 Å². The summed E-state index contributed by atoms with van der Waals surface area (Å²) < 4.78 is 2.49. The standard InChI is InChI=1S/C20H24N6O3S/c1-11(2)17(26-10-14(23-24-26)18(28)21-3)20(29)25-9-12(27)8-15(25)19-22-13-6-4-5-7-16(13)30-19/h4-7,10-12,15,17,27H,8-9H2,1-3H3,(H,21,28)/t12-,15+,17?/m1/s1. The van der Waals surface area contributed by atoms with Gasteiger partial charge in [-0.05, 0) is 18.1 Å². The highest BCUT2D eigenvalue weighted by Crippen LogP contribution is 2.38. The van der Waals surface area contributed by atoms with Crippen molar-refractivity contribution in [1.29, 1.82) is 0 Å². The second-order valence-electron chi connectivity index (χ2n) is 7.77. The number of aliphatic hydroxyl groups excluding tert-OH is 1. The first-order valence-corrected chi connectivity index (χ1v) is 10.7. The second-order valence-corrected chi connectivity index (χ2v) is 8.83. The van der Waals surface area contributed by atoms with Crippen molar-refractivity contribution in [3.8, 4) is 0 Å². The molecule has 0 radical (unpaired) electrons. The third kappa shape index (κ3) is 3.68. The predicted molar refractivity (Wildman–Crippen MR) is 112 cm³/mol. The topological polar surface area (TPSA) is 113 Å². The Hall–Kier alpha value is -2.85. The number of rotatable bonds is 5. The summed E-state index contributed by atoms with van der Waals surface area (Å²) >= 11 is 1.54. The number of amides is 2. The third-order valence-electron chi connectivity index (χ3n) is 5.30. The van der Waals surface area contributed by atoms with Crippen molar-refractivity contribution in [2.45, 2.75) is 38.5 Å². The number of nitrogens with zero attached hydrogens (tertiary/aromatic N) is 5. The number of thiazole rings is 1. The fourth-order valence-electron chi connectivity index (χ4n) is 3.84. The SMILES string of the molecule is CNC(=O)c1cn(C(C(=O)N2C[C@H](O)C[C@H]2c2nc3ccccc3s2)C(C)C)nn1. The van der Waals surface area contributed by atoms with E-state index in [4.69, 9.17) is 4.98 Å². The second kappa shape index (κ2) is 8.11. The van der Waals surface area contributed by atoms with Gasteiger partial charge < -0.3 is 15.3 Å². The highest BCUT2D eigenvalue weighted by molar-refractivity contribution is 7.18. The molecule has 10 heteroatoms. The van der Waals surface area contributed by atoms with Crippen molar-refractivity contribution in [1.82, 2.24) is 30.2 Å². The van der Waals surface area contributed by atoms with Gasteiger partial charge in [0.25, 0.3) is 5.91 Å². The molecule has 9 nitrogen and oxygen atoms in total. The number of fused-ring (bicyclic) bond motifs is 1. The molecule has 30 heavy (non-hydrogen) atoms. The number of aliphatic hydroxyl groups is 1. The molecule has 3 heterocycles. The lowest BCUT2D eigenvalue weighted by Gasteiger charge is -2.29. The first-order chi connectivity index (χ1) is 14.4. The van der Waals surface area contributed by atoms with E-state index in [-0.39, 0.29) is 36.0 Å². The third-order valence-corrected chi connectivity index (χ3v) is 6.43. The molecule has 158 valence electrons. The Labute approximate surface area is 177 Å². The predicted octanol–water partition coefficient (Wildman–Crippen LogP) is 1.78. The minimum Gasteiger partial charge on any atom is -0.391 e. The van der Waals surface area contributed by atoms with Crippen LogP contribution in [0.5, 0.6) is 0 Å². The van der Waals surface area contributed by atoms with Crippen molar-refractivity contribution in [3.05, 3.63) is 41.2 Å². The summed E-state index contributed by atoms with van der Waals surface area (Å²) in [5, 5.41) is 21.6. The van der Waals surface area contributed by atoms with Crippen LogP contribution in [-0.4, -0.2) is 61.5 Å². The Kier molecular flexibility index (Phi) is 5.52. The quantitative estimate of drug-likeness (QED) is 0.640. The number of hydrogen-bond donors (Lipinski definition) is 2. The van der Waals surface area contributed by atoms with Gasteiger partial charge in [-0.25, -0.2) is 9.67 Å². The van der Waals surface area contributed by atoms with Gasteiger partial charge in [0, 0.05) is 20.0 Å². The molecule has 1 aliphatic rings. The summed E-state index contributed by atoms with van der Waals surface area (Å²) in [5.74, 6) is -0.621. The summed E-state index contributed by atoms with van der Waals surface area (Å²) in [6.07, 6.45) is 1.31. The molecular weight excluding hydrogens is 404 g/mol. The number of benzene rings is 1. The van der Waals surface area contributed by atoms with Gasteiger partial charge in [0.2, 0.25) is 5.91 Å².